The summed E-state index contributed by atoms with van der Waals surface area (Å²) in [6.07, 6.45) is 8.89. The summed E-state index contributed by atoms with van der Waals surface area (Å²) in [5, 5.41) is 0. The van der Waals surface area contributed by atoms with Gasteiger partial charge < -0.3 is 15.2 Å². The molecule has 0 aromatic carbocycles. The van der Waals surface area contributed by atoms with Crippen LogP contribution in [0.25, 0.3) is 0 Å². The molecule has 1 saturated heterocycles. The van der Waals surface area contributed by atoms with Crippen LogP contribution in [0.1, 0.15) is 58.8 Å². The molecule has 3 heteroatoms. The van der Waals surface area contributed by atoms with Crippen molar-refractivity contribution in [3.63, 3.8) is 0 Å². The molecule has 1 aliphatic carbocycles. The zero-order valence-electron chi connectivity index (χ0n) is 11.3. The summed E-state index contributed by atoms with van der Waals surface area (Å²) >= 11 is 0. The minimum atomic E-state index is -0.224. The first-order chi connectivity index (χ1) is 7.99. The van der Waals surface area contributed by atoms with Crippen LogP contribution >= 0.6 is 0 Å². The van der Waals surface area contributed by atoms with Crippen LogP contribution in [0, 0.1) is 0 Å². The molecule has 1 unspecified atom stereocenters. The Bertz CT molecular complexity index is 236. The van der Waals surface area contributed by atoms with Gasteiger partial charge in [0.2, 0.25) is 0 Å². The van der Waals surface area contributed by atoms with Crippen LogP contribution in [0.15, 0.2) is 0 Å². The molecule has 2 rings (SSSR count). The third-order valence-electron chi connectivity index (χ3n) is 3.90. The second-order valence-corrected chi connectivity index (χ2v) is 6.51. The fourth-order valence-electron chi connectivity index (χ4n) is 3.00. The summed E-state index contributed by atoms with van der Waals surface area (Å²) in [4.78, 5) is 0. The van der Waals surface area contributed by atoms with Gasteiger partial charge >= 0.3 is 0 Å². The zero-order valence-corrected chi connectivity index (χ0v) is 11.3. The summed E-state index contributed by atoms with van der Waals surface area (Å²) in [6, 6.07) is 0. The van der Waals surface area contributed by atoms with Gasteiger partial charge in [0, 0.05) is 18.6 Å². The van der Waals surface area contributed by atoms with Crippen LogP contribution in [0.4, 0.5) is 0 Å². The van der Waals surface area contributed by atoms with Crippen LogP contribution in [-0.2, 0) is 9.47 Å². The quantitative estimate of drug-likeness (QED) is 0.826. The van der Waals surface area contributed by atoms with Gasteiger partial charge in [-0.15, -0.1) is 0 Å². The van der Waals surface area contributed by atoms with E-state index in [4.69, 9.17) is 15.2 Å². The van der Waals surface area contributed by atoms with Crippen LogP contribution < -0.4 is 5.73 Å². The summed E-state index contributed by atoms with van der Waals surface area (Å²) in [5.41, 5.74) is 5.88. The Hall–Kier alpha value is -0.120. The van der Waals surface area contributed by atoms with Gasteiger partial charge in [-0.05, 0) is 33.1 Å². The van der Waals surface area contributed by atoms with Gasteiger partial charge in [-0.1, -0.05) is 19.3 Å². The molecule has 2 N–H and O–H groups in total. The maximum atomic E-state index is 6.06. The van der Waals surface area contributed by atoms with E-state index in [1.165, 1.54) is 32.1 Å². The smallest absolute Gasteiger partial charge is 0.0707 e. The highest BCUT2D eigenvalue weighted by atomic mass is 16.5. The predicted octanol–water partition coefficient (Wildman–Crippen LogP) is 2.62. The second-order valence-electron chi connectivity index (χ2n) is 6.51. The van der Waals surface area contributed by atoms with E-state index in [0.717, 1.165) is 19.4 Å². The number of nitrogens with two attached hydrogens (primary N) is 1. The minimum absolute atomic E-state index is 0.139. The van der Waals surface area contributed by atoms with E-state index >= 15 is 0 Å². The SMILES string of the molecule is CC(C)(N)COC1CCOC2(CCCCC2)C1. The Balaban J connectivity index is 1.84. The average molecular weight is 241 g/mol. The zero-order chi connectivity index (χ0) is 12.4. The lowest BCUT2D eigenvalue weighted by atomic mass is 9.79. The summed E-state index contributed by atoms with van der Waals surface area (Å²) in [5.74, 6) is 0. The monoisotopic (exact) mass is 241 g/mol. The molecule has 1 spiro atoms. The fourth-order valence-corrected chi connectivity index (χ4v) is 3.00. The summed E-state index contributed by atoms with van der Waals surface area (Å²) in [7, 11) is 0. The maximum Gasteiger partial charge on any atom is 0.0707 e. The van der Waals surface area contributed by atoms with Crippen LogP contribution in [0.3, 0.4) is 0 Å². The van der Waals surface area contributed by atoms with E-state index in [-0.39, 0.29) is 11.1 Å². The van der Waals surface area contributed by atoms with E-state index in [2.05, 4.69) is 0 Å². The molecule has 3 nitrogen and oxygen atoms in total. The fraction of sp³-hybridized carbons (Fsp3) is 1.00. The normalized spacial score (nSPS) is 29.5. The molecule has 0 bridgehead atoms. The van der Waals surface area contributed by atoms with Crippen molar-refractivity contribution in [2.45, 2.75) is 76.0 Å². The van der Waals surface area contributed by atoms with Crippen molar-refractivity contribution in [2.24, 2.45) is 5.73 Å². The lowest BCUT2D eigenvalue weighted by molar-refractivity contribution is -0.151. The molecule has 2 aliphatic rings. The van der Waals surface area contributed by atoms with Crippen molar-refractivity contribution < 1.29 is 9.47 Å². The van der Waals surface area contributed by atoms with Crippen molar-refractivity contribution in [1.29, 1.82) is 0 Å². The lowest BCUT2D eigenvalue weighted by Gasteiger charge is -2.43. The largest absolute Gasteiger partial charge is 0.376 e. The molecule has 0 aromatic rings. The molecule has 1 heterocycles. The summed E-state index contributed by atoms with van der Waals surface area (Å²) in [6.45, 7) is 5.54. The Kier molecular flexibility index (Phi) is 4.11. The Morgan fingerprint density at radius 2 is 2.00 bits per heavy atom. The van der Waals surface area contributed by atoms with Gasteiger partial charge in [0.15, 0.2) is 0 Å². The van der Waals surface area contributed by atoms with Crippen LogP contribution in [0.2, 0.25) is 0 Å². The second kappa shape index (κ2) is 5.25. The van der Waals surface area contributed by atoms with Gasteiger partial charge in [0.05, 0.1) is 18.3 Å². The third-order valence-corrected chi connectivity index (χ3v) is 3.90. The highest BCUT2D eigenvalue weighted by Crippen LogP contribution is 2.39. The first-order valence-corrected chi connectivity index (χ1v) is 7.04. The van der Waals surface area contributed by atoms with Crippen LogP contribution in [0.5, 0.6) is 0 Å². The molecule has 2 fully saturated rings. The molecule has 0 aromatic heterocycles. The van der Waals surface area contributed by atoms with Gasteiger partial charge in [-0.2, -0.15) is 0 Å². The van der Waals surface area contributed by atoms with E-state index in [0.29, 0.717) is 12.7 Å². The number of hydrogen-bond donors (Lipinski definition) is 1. The van der Waals surface area contributed by atoms with E-state index < -0.39 is 0 Å². The molecular formula is C14H27NO2. The van der Waals surface area contributed by atoms with Crippen molar-refractivity contribution in [3.05, 3.63) is 0 Å². The molecule has 0 radical (unpaired) electrons. The van der Waals surface area contributed by atoms with E-state index in [1.807, 2.05) is 13.8 Å². The average Bonchev–Trinajstić information content (AvgIpc) is 2.27. The van der Waals surface area contributed by atoms with Gasteiger partial charge in [-0.25, -0.2) is 0 Å². The van der Waals surface area contributed by atoms with Crippen LogP contribution in [-0.4, -0.2) is 30.5 Å². The molecule has 1 atom stereocenters. The van der Waals surface area contributed by atoms with Crippen molar-refractivity contribution in [2.75, 3.05) is 13.2 Å². The highest BCUT2D eigenvalue weighted by molar-refractivity contribution is 4.90. The van der Waals surface area contributed by atoms with Gasteiger partial charge in [-0.3, -0.25) is 0 Å². The van der Waals surface area contributed by atoms with Crippen molar-refractivity contribution in [1.82, 2.24) is 0 Å². The number of ether oxygens (including phenoxy) is 2. The topological polar surface area (TPSA) is 44.5 Å². The maximum absolute atomic E-state index is 6.06. The molecular weight excluding hydrogens is 214 g/mol. The standard InChI is InChI=1S/C14H27NO2/c1-13(2,15)11-16-12-6-9-17-14(10-12)7-4-3-5-8-14/h12H,3-11,15H2,1-2H3. The highest BCUT2D eigenvalue weighted by Gasteiger charge is 2.39. The predicted molar refractivity (Wildman–Crippen MR) is 69.0 cm³/mol. The molecule has 1 aliphatic heterocycles. The van der Waals surface area contributed by atoms with Gasteiger partial charge in [0.25, 0.3) is 0 Å². The number of hydrogen-bond acceptors (Lipinski definition) is 3. The molecule has 100 valence electrons. The van der Waals surface area contributed by atoms with Crippen molar-refractivity contribution >= 4 is 0 Å². The Morgan fingerprint density at radius 1 is 1.29 bits per heavy atom. The molecule has 17 heavy (non-hydrogen) atoms. The first kappa shape index (κ1) is 13.3. The van der Waals surface area contributed by atoms with E-state index in [9.17, 15) is 0 Å². The molecule has 0 amide bonds. The minimum Gasteiger partial charge on any atom is -0.376 e. The Labute approximate surface area is 105 Å². The first-order valence-electron chi connectivity index (χ1n) is 7.04. The van der Waals surface area contributed by atoms with Gasteiger partial charge in [0.1, 0.15) is 0 Å². The Morgan fingerprint density at radius 3 is 2.65 bits per heavy atom. The molecule has 1 saturated carbocycles. The lowest BCUT2D eigenvalue weighted by Crippen LogP contribution is -2.46. The van der Waals surface area contributed by atoms with E-state index in [1.54, 1.807) is 0 Å². The third kappa shape index (κ3) is 3.94. The van der Waals surface area contributed by atoms with Crippen molar-refractivity contribution in [3.8, 4) is 0 Å². The number of rotatable bonds is 3. The summed E-state index contributed by atoms with van der Waals surface area (Å²) < 4.78 is 12.0.